The fourth-order valence-corrected chi connectivity index (χ4v) is 3.36. The first-order chi connectivity index (χ1) is 9.06. The van der Waals surface area contributed by atoms with E-state index in [9.17, 15) is 9.59 Å². The fourth-order valence-electron chi connectivity index (χ4n) is 2.64. The maximum absolute atomic E-state index is 12.2. The average Bonchev–Trinajstić information content (AvgIpc) is 2.94. The Kier molecular flexibility index (Phi) is 2.75. The maximum atomic E-state index is 12.2. The highest BCUT2D eigenvalue weighted by Crippen LogP contribution is 2.42. The van der Waals surface area contributed by atoms with E-state index in [4.69, 9.17) is 10.6 Å². The monoisotopic (exact) mass is 281 g/mol. The van der Waals surface area contributed by atoms with Crippen molar-refractivity contribution in [3.63, 3.8) is 0 Å². The van der Waals surface area contributed by atoms with Gasteiger partial charge in [-0.2, -0.15) is 0 Å². The van der Waals surface area contributed by atoms with Gasteiger partial charge in [0, 0.05) is 17.4 Å². The molecule has 0 saturated carbocycles. The van der Waals surface area contributed by atoms with Gasteiger partial charge in [-0.1, -0.05) is 6.92 Å². The number of fused-ring (bicyclic) bond motifs is 1. The summed E-state index contributed by atoms with van der Waals surface area (Å²) in [5, 5.41) is 6.64. The number of anilines is 1. The van der Waals surface area contributed by atoms with Crippen LogP contribution in [-0.2, 0) is 16.1 Å². The predicted octanol–water partition coefficient (Wildman–Crippen LogP) is 1.03. The second-order valence-corrected chi connectivity index (χ2v) is 5.74. The van der Waals surface area contributed by atoms with Crippen molar-refractivity contribution in [1.29, 1.82) is 0 Å². The highest BCUT2D eigenvalue weighted by molar-refractivity contribution is 7.14. The molecule has 102 valence electrons. The van der Waals surface area contributed by atoms with Crippen molar-refractivity contribution in [3.05, 3.63) is 10.9 Å². The Hall–Kier alpha value is -1.60. The Bertz CT molecular complexity index is 556. The van der Waals surface area contributed by atoms with Crippen LogP contribution in [0.4, 0.5) is 5.00 Å². The van der Waals surface area contributed by atoms with E-state index in [1.54, 1.807) is 5.06 Å². The molecule has 1 aromatic rings. The van der Waals surface area contributed by atoms with E-state index in [2.05, 4.69) is 5.32 Å². The lowest BCUT2D eigenvalue weighted by Gasteiger charge is -2.40. The van der Waals surface area contributed by atoms with E-state index in [-0.39, 0.29) is 11.8 Å². The second-order valence-electron chi connectivity index (χ2n) is 4.83. The van der Waals surface area contributed by atoms with Crippen LogP contribution in [0.25, 0.3) is 0 Å². The van der Waals surface area contributed by atoms with Gasteiger partial charge < -0.3 is 10.6 Å². The van der Waals surface area contributed by atoms with Crippen molar-refractivity contribution in [2.45, 2.75) is 38.3 Å². The smallest absolute Gasteiger partial charge is 0.250 e. The molecule has 3 N–H and O–H groups in total. The molecule has 0 aliphatic carbocycles. The van der Waals surface area contributed by atoms with Crippen LogP contribution < -0.4 is 15.9 Å². The number of piperidine rings is 1. The van der Waals surface area contributed by atoms with Gasteiger partial charge in [0.15, 0.2) is 5.75 Å². The number of nitrogens with one attached hydrogen (secondary N) is 1. The molecule has 2 aliphatic rings. The van der Waals surface area contributed by atoms with Crippen LogP contribution >= 0.6 is 11.3 Å². The molecule has 3 heterocycles. The molecule has 0 radical (unpaired) electrons. The number of carbonyl (C=O) groups is 2. The van der Waals surface area contributed by atoms with E-state index in [1.807, 2.05) is 12.3 Å². The number of hydrogen-bond acceptors (Lipinski definition) is 6. The van der Waals surface area contributed by atoms with Gasteiger partial charge >= 0.3 is 0 Å². The number of amides is 2. The Labute approximate surface area is 114 Å². The molecule has 1 fully saturated rings. The summed E-state index contributed by atoms with van der Waals surface area (Å²) in [4.78, 5) is 29.3. The van der Waals surface area contributed by atoms with Gasteiger partial charge in [0.2, 0.25) is 11.8 Å². The number of nitrogens with zero attached hydrogens (tertiary/aromatic N) is 1. The van der Waals surface area contributed by atoms with E-state index in [1.165, 1.54) is 11.3 Å². The zero-order valence-corrected chi connectivity index (χ0v) is 11.4. The molecule has 7 heteroatoms. The number of nitrogens with two attached hydrogens (primary N) is 1. The normalized spacial score (nSPS) is 27.0. The Morgan fingerprint density at radius 3 is 3.00 bits per heavy atom. The van der Waals surface area contributed by atoms with Gasteiger partial charge in [-0.25, -0.2) is 0 Å². The average molecular weight is 281 g/mol. The SMILES string of the molecule is CC[C@@]1(N2Cc3c(csc3N)O2)CCC(=O)NC1=O. The lowest BCUT2D eigenvalue weighted by atomic mass is 9.85. The molecule has 0 aromatic carbocycles. The summed E-state index contributed by atoms with van der Waals surface area (Å²) in [6.45, 7) is 2.41. The third-order valence-electron chi connectivity index (χ3n) is 3.90. The first-order valence-electron chi connectivity index (χ1n) is 6.22. The van der Waals surface area contributed by atoms with Gasteiger partial charge in [0.25, 0.3) is 0 Å². The second kappa shape index (κ2) is 4.21. The summed E-state index contributed by atoms with van der Waals surface area (Å²) in [7, 11) is 0. The van der Waals surface area contributed by atoms with Gasteiger partial charge in [0.1, 0.15) is 5.54 Å². The molecule has 3 rings (SSSR count). The summed E-state index contributed by atoms with van der Waals surface area (Å²) >= 11 is 1.43. The van der Waals surface area contributed by atoms with Crippen molar-refractivity contribution in [1.82, 2.24) is 10.4 Å². The summed E-state index contributed by atoms with van der Waals surface area (Å²) in [6, 6.07) is 0. The molecule has 2 amide bonds. The number of imide groups is 1. The quantitative estimate of drug-likeness (QED) is 0.791. The number of hydrogen-bond donors (Lipinski definition) is 2. The third kappa shape index (κ3) is 1.73. The van der Waals surface area contributed by atoms with E-state index in [0.29, 0.717) is 25.8 Å². The lowest BCUT2D eigenvalue weighted by Crippen LogP contribution is -2.62. The van der Waals surface area contributed by atoms with Crippen molar-refractivity contribution >= 4 is 28.2 Å². The minimum absolute atomic E-state index is 0.220. The van der Waals surface area contributed by atoms with Crippen LogP contribution in [0.3, 0.4) is 0 Å². The van der Waals surface area contributed by atoms with Crippen LogP contribution in [0, 0.1) is 0 Å². The van der Waals surface area contributed by atoms with E-state index in [0.717, 1.165) is 16.3 Å². The molecule has 19 heavy (non-hydrogen) atoms. The molecule has 0 spiro atoms. The number of nitrogen functional groups attached to an aromatic ring is 1. The standard InChI is InChI=1S/C12H15N3O3S/c1-2-12(4-3-9(16)14-11(12)17)15-5-7-8(18-15)6-19-10(7)13/h6H,2-5,13H2,1H3,(H,14,16,17)/t12-/m1/s1. The molecule has 1 aromatic heterocycles. The van der Waals surface area contributed by atoms with Gasteiger partial charge in [-0.05, 0) is 12.8 Å². The van der Waals surface area contributed by atoms with Crippen LogP contribution in [0.15, 0.2) is 5.38 Å². The number of thiophene rings is 1. The van der Waals surface area contributed by atoms with Gasteiger partial charge in [-0.15, -0.1) is 16.4 Å². The molecule has 2 aliphatic heterocycles. The molecular formula is C12H15N3O3S. The van der Waals surface area contributed by atoms with Gasteiger partial charge in [-0.3, -0.25) is 14.9 Å². The van der Waals surface area contributed by atoms with E-state index >= 15 is 0 Å². The van der Waals surface area contributed by atoms with Crippen molar-refractivity contribution < 1.29 is 14.4 Å². The summed E-state index contributed by atoms with van der Waals surface area (Å²) in [5.74, 6) is 0.223. The molecular weight excluding hydrogens is 266 g/mol. The molecule has 0 bridgehead atoms. The first kappa shape index (κ1) is 12.4. The topological polar surface area (TPSA) is 84.7 Å². The predicted molar refractivity (Wildman–Crippen MR) is 70.3 cm³/mol. The maximum Gasteiger partial charge on any atom is 0.250 e. The van der Waals surface area contributed by atoms with Crippen LogP contribution in [0.2, 0.25) is 0 Å². The van der Waals surface area contributed by atoms with Crippen molar-refractivity contribution in [3.8, 4) is 5.75 Å². The van der Waals surface area contributed by atoms with Crippen molar-refractivity contribution in [2.24, 2.45) is 0 Å². The zero-order valence-electron chi connectivity index (χ0n) is 10.6. The summed E-state index contributed by atoms with van der Waals surface area (Å²) < 4.78 is 0. The Morgan fingerprint density at radius 2 is 2.37 bits per heavy atom. The Morgan fingerprint density at radius 1 is 1.58 bits per heavy atom. The van der Waals surface area contributed by atoms with Crippen molar-refractivity contribution in [2.75, 3.05) is 5.73 Å². The zero-order chi connectivity index (χ0) is 13.6. The lowest BCUT2D eigenvalue weighted by molar-refractivity contribution is -0.173. The third-order valence-corrected chi connectivity index (χ3v) is 4.73. The fraction of sp³-hybridized carbons (Fsp3) is 0.500. The molecule has 6 nitrogen and oxygen atoms in total. The number of hydroxylamine groups is 2. The summed E-state index contributed by atoms with van der Waals surface area (Å²) in [6.07, 6.45) is 1.39. The highest BCUT2D eigenvalue weighted by atomic mass is 32.1. The molecule has 0 unspecified atom stereocenters. The van der Waals surface area contributed by atoms with Gasteiger partial charge in [0.05, 0.1) is 11.5 Å². The molecule has 1 atom stereocenters. The minimum Gasteiger partial charge on any atom is -0.403 e. The molecule has 1 saturated heterocycles. The highest BCUT2D eigenvalue weighted by Gasteiger charge is 2.50. The number of carbonyl (C=O) groups excluding carboxylic acids is 2. The van der Waals surface area contributed by atoms with E-state index < -0.39 is 5.54 Å². The first-order valence-corrected chi connectivity index (χ1v) is 7.10. The Balaban J connectivity index is 1.89. The minimum atomic E-state index is -0.781. The van der Waals surface area contributed by atoms with Crippen LogP contribution in [0.1, 0.15) is 31.7 Å². The number of rotatable bonds is 2. The van der Waals surface area contributed by atoms with Crippen LogP contribution in [-0.4, -0.2) is 22.4 Å². The largest absolute Gasteiger partial charge is 0.403 e. The summed E-state index contributed by atoms with van der Waals surface area (Å²) in [5.41, 5.74) is 6.03. The van der Waals surface area contributed by atoms with Crippen LogP contribution in [0.5, 0.6) is 5.75 Å².